The maximum Gasteiger partial charge on any atom is 0.254 e. The smallest absolute Gasteiger partial charge is 0.254 e. The van der Waals surface area contributed by atoms with Gasteiger partial charge in [0.25, 0.3) is 5.91 Å². The number of rotatable bonds is 1. The highest BCUT2D eigenvalue weighted by Crippen LogP contribution is 2.41. The third-order valence-electron chi connectivity index (χ3n) is 6.55. The second kappa shape index (κ2) is 5.05. The van der Waals surface area contributed by atoms with Crippen LogP contribution in [-0.4, -0.2) is 59.1 Å². The van der Waals surface area contributed by atoms with Crippen molar-refractivity contribution in [2.24, 2.45) is 5.92 Å². The van der Waals surface area contributed by atoms with E-state index in [-0.39, 0.29) is 12.0 Å². The largest absolute Gasteiger partial charge is 0.393 e. The van der Waals surface area contributed by atoms with Crippen molar-refractivity contribution in [1.29, 1.82) is 0 Å². The van der Waals surface area contributed by atoms with Crippen molar-refractivity contribution < 1.29 is 9.90 Å². The molecule has 1 aromatic rings. The predicted molar refractivity (Wildman–Crippen MR) is 87.5 cm³/mol. The topological polar surface area (TPSA) is 43.8 Å². The molecule has 0 radical (unpaired) electrons. The second-order valence-electron chi connectivity index (χ2n) is 7.83. The molecule has 3 atom stereocenters. The monoisotopic (exact) mass is 312 g/mol. The van der Waals surface area contributed by atoms with Crippen LogP contribution < -0.4 is 0 Å². The number of aliphatic hydroxyl groups excluding tert-OH is 1. The van der Waals surface area contributed by atoms with Crippen molar-refractivity contribution in [3.63, 3.8) is 0 Å². The van der Waals surface area contributed by atoms with Gasteiger partial charge in [-0.25, -0.2) is 0 Å². The van der Waals surface area contributed by atoms with Gasteiger partial charge in [0.1, 0.15) is 0 Å². The van der Waals surface area contributed by atoms with Gasteiger partial charge in [0.2, 0.25) is 0 Å². The van der Waals surface area contributed by atoms with E-state index >= 15 is 0 Å². The molecule has 3 fully saturated rings. The Hall–Kier alpha value is -1.39. The van der Waals surface area contributed by atoms with Crippen LogP contribution in [0.4, 0.5) is 0 Å². The molecule has 122 valence electrons. The van der Waals surface area contributed by atoms with Gasteiger partial charge in [0.05, 0.1) is 6.10 Å². The molecule has 0 aromatic heterocycles. The van der Waals surface area contributed by atoms with E-state index in [1.54, 1.807) is 0 Å². The number of nitrogens with zero attached hydrogens (tertiary/aromatic N) is 2. The van der Waals surface area contributed by atoms with Crippen LogP contribution in [0.2, 0.25) is 0 Å². The summed E-state index contributed by atoms with van der Waals surface area (Å²) in [6.45, 7) is 4.24. The zero-order valence-corrected chi connectivity index (χ0v) is 13.4. The van der Waals surface area contributed by atoms with Gasteiger partial charge < -0.3 is 14.9 Å². The van der Waals surface area contributed by atoms with Gasteiger partial charge in [-0.1, -0.05) is 12.1 Å². The Morgan fingerprint density at radius 3 is 2.70 bits per heavy atom. The van der Waals surface area contributed by atoms with Crippen molar-refractivity contribution >= 4 is 5.91 Å². The number of hydrogen-bond donors (Lipinski definition) is 1. The molecule has 23 heavy (non-hydrogen) atoms. The van der Waals surface area contributed by atoms with Crippen LogP contribution in [0.3, 0.4) is 0 Å². The van der Waals surface area contributed by atoms with Gasteiger partial charge in [0, 0.05) is 30.6 Å². The lowest BCUT2D eigenvalue weighted by atomic mass is 9.74. The Labute approximate surface area is 137 Å². The van der Waals surface area contributed by atoms with E-state index in [2.05, 4.69) is 15.9 Å². The first kappa shape index (κ1) is 14.0. The normalized spacial score (nSPS) is 38.6. The molecule has 4 aliphatic heterocycles. The molecule has 0 saturated carbocycles. The number of carbonyl (C=O) groups excluding carboxylic acids is 1. The lowest BCUT2D eigenvalue weighted by Gasteiger charge is -2.51. The summed E-state index contributed by atoms with van der Waals surface area (Å²) in [6, 6.07) is 6.45. The van der Waals surface area contributed by atoms with E-state index in [1.807, 2.05) is 12.1 Å². The van der Waals surface area contributed by atoms with Crippen LogP contribution in [-0.2, 0) is 6.42 Å². The highest BCUT2D eigenvalue weighted by molar-refractivity contribution is 5.98. The lowest BCUT2D eigenvalue weighted by molar-refractivity contribution is 0.000259. The van der Waals surface area contributed by atoms with Gasteiger partial charge in [-0.2, -0.15) is 0 Å². The molecule has 4 heteroatoms. The molecule has 3 saturated heterocycles. The molecule has 1 amide bonds. The molecule has 2 bridgehead atoms. The molecule has 1 N–H and O–H groups in total. The molecular weight excluding hydrogens is 288 g/mol. The Morgan fingerprint density at radius 2 is 1.96 bits per heavy atom. The van der Waals surface area contributed by atoms with Crippen molar-refractivity contribution in [2.75, 3.05) is 26.2 Å². The Balaban J connectivity index is 1.53. The Bertz CT molecular complexity index is 651. The van der Waals surface area contributed by atoms with Crippen LogP contribution in [0.15, 0.2) is 18.2 Å². The van der Waals surface area contributed by atoms with Crippen molar-refractivity contribution in [2.45, 2.75) is 43.7 Å². The second-order valence-corrected chi connectivity index (χ2v) is 7.83. The standard InChI is InChI=1S/C19H24N2O2/c22-15-8-13-2-1-3-16-18(13)14(9-15)10-21(19(16)23)17-11-20-6-4-12(17)5-7-20/h1-3,12,14-15,17,22H,4-11H2/t14-,15?,17?/m1/s1. The molecular formula is C19H24N2O2. The summed E-state index contributed by atoms with van der Waals surface area (Å²) in [5.74, 6) is 1.22. The lowest BCUT2D eigenvalue weighted by Crippen LogP contribution is -2.60. The summed E-state index contributed by atoms with van der Waals surface area (Å²) in [7, 11) is 0. The van der Waals surface area contributed by atoms with Gasteiger partial charge in [-0.15, -0.1) is 0 Å². The molecule has 4 heterocycles. The van der Waals surface area contributed by atoms with Crippen molar-refractivity contribution in [3.8, 4) is 0 Å². The summed E-state index contributed by atoms with van der Waals surface area (Å²) in [5, 5.41) is 10.2. The number of piperidine rings is 3. The molecule has 6 rings (SSSR count). The fraction of sp³-hybridized carbons (Fsp3) is 0.632. The maximum absolute atomic E-state index is 13.2. The quantitative estimate of drug-likeness (QED) is 0.857. The SMILES string of the molecule is O=C1c2cccc3c2[C@H](CC(O)C3)CN1C1CN2CCC1CC2. The molecule has 2 unspecified atom stereocenters. The summed E-state index contributed by atoms with van der Waals surface area (Å²) in [6.07, 6.45) is 3.70. The zero-order chi connectivity index (χ0) is 15.6. The zero-order valence-electron chi connectivity index (χ0n) is 13.4. The third-order valence-corrected chi connectivity index (χ3v) is 6.55. The van der Waals surface area contributed by atoms with Crippen LogP contribution in [0.5, 0.6) is 0 Å². The van der Waals surface area contributed by atoms with Crippen molar-refractivity contribution in [1.82, 2.24) is 9.80 Å². The third kappa shape index (κ3) is 2.08. The van der Waals surface area contributed by atoms with Crippen LogP contribution >= 0.6 is 0 Å². The highest BCUT2D eigenvalue weighted by atomic mass is 16.3. The number of fused-ring (bicyclic) bond motifs is 3. The van der Waals surface area contributed by atoms with Crippen LogP contribution in [0.25, 0.3) is 0 Å². The van der Waals surface area contributed by atoms with E-state index in [1.165, 1.54) is 37.1 Å². The summed E-state index contributed by atoms with van der Waals surface area (Å²) >= 11 is 0. The summed E-state index contributed by atoms with van der Waals surface area (Å²) < 4.78 is 0. The fourth-order valence-corrected chi connectivity index (χ4v) is 5.46. The average Bonchev–Trinajstić information content (AvgIpc) is 2.58. The first-order chi connectivity index (χ1) is 11.2. The Morgan fingerprint density at radius 1 is 1.13 bits per heavy atom. The fourth-order valence-electron chi connectivity index (χ4n) is 5.46. The summed E-state index contributed by atoms with van der Waals surface area (Å²) in [5.41, 5.74) is 3.33. The van der Waals surface area contributed by atoms with Gasteiger partial charge in [-0.05, 0) is 61.9 Å². The average molecular weight is 312 g/mol. The highest BCUT2D eigenvalue weighted by Gasteiger charge is 2.44. The molecule has 5 aliphatic rings. The Kier molecular flexibility index (Phi) is 3.07. The molecule has 4 nitrogen and oxygen atoms in total. The molecule has 1 aliphatic carbocycles. The van der Waals surface area contributed by atoms with Gasteiger partial charge in [0.15, 0.2) is 0 Å². The minimum Gasteiger partial charge on any atom is -0.393 e. The van der Waals surface area contributed by atoms with Crippen LogP contribution in [0, 0.1) is 5.92 Å². The van der Waals surface area contributed by atoms with E-state index in [0.717, 1.165) is 25.1 Å². The number of amides is 1. The van der Waals surface area contributed by atoms with Crippen LogP contribution in [0.1, 0.15) is 46.7 Å². The van der Waals surface area contributed by atoms with Gasteiger partial charge in [-0.3, -0.25) is 4.79 Å². The molecule has 0 spiro atoms. The predicted octanol–water partition coefficient (Wildman–Crippen LogP) is 1.63. The number of hydrogen-bond acceptors (Lipinski definition) is 3. The summed E-state index contributed by atoms with van der Waals surface area (Å²) in [4.78, 5) is 17.8. The number of benzene rings is 1. The minimum absolute atomic E-state index is 0.230. The van der Waals surface area contributed by atoms with E-state index < -0.39 is 0 Å². The van der Waals surface area contributed by atoms with Gasteiger partial charge >= 0.3 is 0 Å². The molecule has 1 aromatic carbocycles. The number of carbonyl (C=O) groups is 1. The first-order valence-electron chi connectivity index (χ1n) is 9.04. The van der Waals surface area contributed by atoms with E-state index in [0.29, 0.717) is 24.3 Å². The van der Waals surface area contributed by atoms with Crippen molar-refractivity contribution in [3.05, 3.63) is 34.9 Å². The first-order valence-corrected chi connectivity index (χ1v) is 9.04. The van der Waals surface area contributed by atoms with E-state index in [9.17, 15) is 9.90 Å². The minimum atomic E-state index is -0.260. The maximum atomic E-state index is 13.2. The number of aliphatic hydroxyl groups is 1. The van der Waals surface area contributed by atoms with E-state index in [4.69, 9.17) is 0 Å².